The van der Waals surface area contributed by atoms with Crippen LogP contribution in [0.15, 0.2) is 97.6 Å². The summed E-state index contributed by atoms with van der Waals surface area (Å²) in [7, 11) is -2.02. The van der Waals surface area contributed by atoms with E-state index in [0.29, 0.717) is 35.0 Å². The van der Waals surface area contributed by atoms with Gasteiger partial charge in [0, 0.05) is 31.9 Å². The molecule has 0 unspecified atom stereocenters. The van der Waals surface area contributed by atoms with Crippen molar-refractivity contribution in [2.24, 2.45) is 0 Å². The molecule has 0 fully saturated rings. The molecule has 5 aromatic rings. The van der Waals surface area contributed by atoms with Gasteiger partial charge in [0.15, 0.2) is 21.7 Å². The number of carbonyl (C=O) groups excluding carboxylic acids is 2. The molecule has 0 spiro atoms. The van der Waals surface area contributed by atoms with Gasteiger partial charge < -0.3 is 28.4 Å². The van der Waals surface area contributed by atoms with Crippen molar-refractivity contribution in [3.05, 3.63) is 114 Å². The summed E-state index contributed by atoms with van der Waals surface area (Å²) >= 11 is 2.14. The van der Waals surface area contributed by atoms with Gasteiger partial charge in [0.2, 0.25) is 0 Å². The normalized spacial score (nSPS) is 11.8. The van der Waals surface area contributed by atoms with Crippen LogP contribution in [0.25, 0.3) is 11.2 Å². The van der Waals surface area contributed by atoms with Crippen LogP contribution in [-0.2, 0) is 40.0 Å². The fraction of sp³-hybridized carbons (Fsp3) is 0.306. The first kappa shape index (κ1) is 38.2. The summed E-state index contributed by atoms with van der Waals surface area (Å²) in [5.41, 5.74) is 3.23. The highest BCUT2D eigenvalue weighted by Gasteiger charge is 2.37. The molecule has 0 amide bonds. The molecule has 268 valence electrons. The van der Waals surface area contributed by atoms with E-state index in [-0.39, 0.29) is 36.4 Å². The topological polar surface area (TPSA) is 144 Å². The van der Waals surface area contributed by atoms with Crippen LogP contribution in [0.3, 0.4) is 0 Å². The van der Waals surface area contributed by atoms with Gasteiger partial charge in [-0.05, 0) is 28.8 Å². The zero-order valence-corrected chi connectivity index (χ0v) is 31.1. The number of carbonyl (C=O) groups is 2. The minimum atomic E-state index is -3.66. The molecule has 5 rings (SSSR count). The lowest BCUT2D eigenvalue weighted by molar-refractivity contribution is -0.109. The van der Waals surface area contributed by atoms with Crippen molar-refractivity contribution in [1.29, 1.82) is 0 Å². The molecule has 0 atom stereocenters. The zero-order valence-electron chi connectivity index (χ0n) is 28.6. The molecular weight excluding hydrogens is 710 g/mol. The third-order valence-electron chi connectivity index (χ3n) is 7.72. The van der Waals surface area contributed by atoms with Gasteiger partial charge in [-0.15, -0.1) is 0 Å². The number of benzene rings is 3. The lowest BCUT2D eigenvalue weighted by atomic mass is 9.77. The zero-order chi connectivity index (χ0) is 36.1. The number of nitrogens with one attached hydrogen (secondary N) is 1. The number of ether oxygens (including phenoxy) is 2. The van der Waals surface area contributed by atoms with E-state index in [1.165, 1.54) is 20.2 Å². The Labute approximate surface area is 305 Å². The molecule has 1 N–H and O–H groups in total. The second-order valence-corrected chi connectivity index (χ2v) is 15.7. The number of anilines is 1. The molecule has 12 nitrogen and oxygen atoms in total. The molecule has 2 heterocycles. The van der Waals surface area contributed by atoms with E-state index in [1.807, 2.05) is 65.2 Å². The van der Waals surface area contributed by atoms with Gasteiger partial charge in [-0.2, -0.15) is 0 Å². The van der Waals surface area contributed by atoms with Crippen molar-refractivity contribution in [3.63, 3.8) is 0 Å². The Morgan fingerprint density at radius 2 is 1.35 bits per heavy atom. The Bertz CT molecular complexity index is 1870. The number of imidazole rings is 1. The van der Waals surface area contributed by atoms with E-state index in [1.54, 1.807) is 13.4 Å². The molecule has 0 aliphatic heterocycles. The quantitative estimate of drug-likeness (QED) is 0.0526. The van der Waals surface area contributed by atoms with Crippen molar-refractivity contribution in [3.8, 4) is 5.75 Å². The van der Waals surface area contributed by atoms with Crippen molar-refractivity contribution >= 4 is 58.3 Å². The highest BCUT2D eigenvalue weighted by atomic mass is 32.2. The van der Waals surface area contributed by atoms with Gasteiger partial charge in [-0.1, -0.05) is 96.3 Å². The van der Waals surface area contributed by atoms with Crippen molar-refractivity contribution < 1.29 is 32.7 Å². The number of aromatic nitrogens is 4. The van der Waals surface area contributed by atoms with E-state index < -0.39 is 13.1 Å². The molecular formula is C36H40N5O7PS2. The summed E-state index contributed by atoms with van der Waals surface area (Å²) in [6.45, 7) is 3.51. The summed E-state index contributed by atoms with van der Waals surface area (Å²) in [4.78, 5) is 36.5. The third kappa shape index (κ3) is 10.1. The predicted molar refractivity (Wildman–Crippen MR) is 201 cm³/mol. The van der Waals surface area contributed by atoms with Crippen molar-refractivity contribution in [1.82, 2.24) is 19.5 Å². The monoisotopic (exact) mass is 749 g/mol. The molecule has 0 saturated carbocycles. The summed E-state index contributed by atoms with van der Waals surface area (Å²) in [6.07, 6.45) is 2.86. The Kier molecular flexibility index (Phi) is 13.8. The molecule has 15 heteroatoms. The predicted octanol–water partition coefficient (Wildman–Crippen LogP) is 7.00. The average molecular weight is 750 g/mol. The van der Waals surface area contributed by atoms with E-state index in [2.05, 4.69) is 39.6 Å². The maximum atomic E-state index is 13.4. The van der Waals surface area contributed by atoms with E-state index in [4.69, 9.17) is 23.5 Å². The summed E-state index contributed by atoms with van der Waals surface area (Å²) in [5.74, 6) is 1.93. The number of hydrogen-bond donors (Lipinski definition) is 1. The van der Waals surface area contributed by atoms with Gasteiger partial charge in [0.05, 0.1) is 33.3 Å². The van der Waals surface area contributed by atoms with Crippen LogP contribution in [0.1, 0.15) is 30.5 Å². The molecule has 2 aromatic heterocycles. The van der Waals surface area contributed by atoms with Crippen LogP contribution < -0.4 is 10.1 Å². The molecule has 3 aromatic carbocycles. The Balaban J connectivity index is 1.37. The molecule has 0 radical (unpaired) electrons. The van der Waals surface area contributed by atoms with Crippen LogP contribution in [0.4, 0.5) is 5.82 Å². The summed E-state index contributed by atoms with van der Waals surface area (Å²) < 4.78 is 37.7. The maximum absolute atomic E-state index is 13.4. The van der Waals surface area contributed by atoms with Crippen LogP contribution in [0.2, 0.25) is 0 Å². The fourth-order valence-electron chi connectivity index (χ4n) is 5.42. The number of methoxy groups -OCH3 is 1. The van der Waals surface area contributed by atoms with E-state index in [0.717, 1.165) is 46.0 Å². The second-order valence-electron chi connectivity index (χ2n) is 11.2. The van der Waals surface area contributed by atoms with Gasteiger partial charge in [-0.3, -0.25) is 14.2 Å². The first-order chi connectivity index (χ1) is 24.7. The van der Waals surface area contributed by atoms with E-state index in [9.17, 15) is 14.2 Å². The standard InChI is InChI=1S/C36H40N5O7PS2/c1-27(42)50-22-20-47-49(44,48-21-23-51-28(2)43)26-46-19-18-41-25-39-33-34(37-24-38-35(33)41)40-36(29-10-6-4-7-11-29,30-12-8-5-9-13-30)31-14-16-32(45-3)17-15-31/h4-17,24-25H,18-23,26H2,1-3H3,(H,37,38,40). The molecule has 0 aliphatic rings. The highest BCUT2D eigenvalue weighted by molar-refractivity contribution is 8.13. The van der Waals surface area contributed by atoms with Crippen LogP contribution in [0.5, 0.6) is 5.75 Å². The summed E-state index contributed by atoms with van der Waals surface area (Å²) in [6, 6.07) is 28.3. The number of hydrogen-bond acceptors (Lipinski definition) is 13. The second kappa shape index (κ2) is 18.5. The van der Waals surface area contributed by atoms with Crippen LogP contribution >= 0.6 is 31.1 Å². The molecule has 0 aliphatic carbocycles. The molecule has 51 heavy (non-hydrogen) atoms. The minimum Gasteiger partial charge on any atom is -0.497 e. The fourth-order valence-corrected chi connectivity index (χ4v) is 7.89. The SMILES string of the molecule is COc1ccc(C(Nc2ncnc3c2ncn3CCOCP(=O)(OCCSC(C)=O)OCCSC(C)=O)(c2ccccc2)c2ccccc2)cc1. The van der Waals surface area contributed by atoms with Crippen LogP contribution in [0, 0.1) is 0 Å². The summed E-state index contributed by atoms with van der Waals surface area (Å²) in [5, 5.41) is 3.64. The lowest BCUT2D eigenvalue weighted by Crippen LogP contribution is -2.38. The maximum Gasteiger partial charge on any atom is 0.356 e. The van der Waals surface area contributed by atoms with E-state index >= 15 is 0 Å². The average Bonchev–Trinajstić information content (AvgIpc) is 3.57. The van der Waals surface area contributed by atoms with Gasteiger partial charge >= 0.3 is 7.60 Å². The lowest BCUT2D eigenvalue weighted by Gasteiger charge is -2.37. The highest BCUT2D eigenvalue weighted by Crippen LogP contribution is 2.48. The van der Waals surface area contributed by atoms with Gasteiger partial charge in [0.25, 0.3) is 0 Å². The Morgan fingerprint density at radius 3 is 1.90 bits per heavy atom. The molecule has 0 bridgehead atoms. The third-order valence-corrected chi connectivity index (χ3v) is 10.9. The van der Waals surface area contributed by atoms with Crippen molar-refractivity contribution in [2.75, 3.05) is 50.1 Å². The largest absolute Gasteiger partial charge is 0.497 e. The van der Waals surface area contributed by atoms with Gasteiger partial charge in [0.1, 0.15) is 29.5 Å². The smallest absolute Gasteiger partial charge is 0.356 e. The van der Waals surface area contributed by atoms with Gasteiger partial charge in [-0.25, -0.2) is 15.0 Å². The first-order valence-corrected chi connectivity index (χ1v) is 19.9. The number of thioether (sulfide) groups is 2. The number of rotatable bonds is 19. The first-order valence-electron chi connectivity index (χ1n) is 16.2. The van der Waals surface area contributed by atoms with Crippen LogP contribution in [-0.4, -0.2) is 74.5 Å². The Morgan fingerprint density at radius 1 is 0.784 bits per heavy atom. The molecule has 0 saturated heterocycles. The Hall–Kier alpha value is -4.04. The number of nitrogens with zero attached hydrogens (tertiary/aromatic N) is 4. The number of fused-ring (bicyclic) bond motifs is 1. The minimum absolute atomic E-state index is 0.0492. The van der Waals surface area contributed by atoms with Crippen molar-refractivity contribution in [2.45, 2.75) is 25.9 Å².